The average Bonchev–Trinajstić information content (AvgIpc) is 3.07. The lowest BCUT2D eigenvalue weighted by Crippen LogP contribution is -2.17. The minimum atomic E-state index is -0.216. The van der Waals surface area contributed by atoms with E-state index in [9.17, 15) is 4.79 Å². The molecule has 0 saturated heterocycles. The number of aromatic nitrogens is 1. The molecule has 1 aliphatic rings. The second-order valence-corrected chi connectivity index (χ2v) is 6.44. The SMILES string of the molecule is CN=CC(=CN)c1ccc(CNCCc2ccc3c(c2C)COC3=O)cn1. The van der Waals surface area contributed by atoms with Gasteiger partial charge in [0.05, 0.1) is 11.3 Å². The summed E-state index contributed by atoms with van der Waals surface area (Å²) in [4.78, 5) is 20.0. The van der Waals surface area contributed by atoms with Crippen molar-refractivity contribution >= 4 is 17.8 Å². The van der Waals surface area contributed by atoms with Crippen LogP contribution in [0.3, 0.4) is 0 Å². The Hall–Kier alpha value is -2.99. The van der Waals surface area contributed by atoms with Gasteiger partial charge < -0.3 is 15.8 Å². The van der Waals surface area contributed by atoms with Crippen molar-refractivity contribution in [1.29, 1.82) is 0 Å². The molecule has 140 valence electrons. The second kappa shape index (κ2) is 8.60. The zero-order valence-corrected chi connectivity index (χ0v) is 15.7. The number of hydrogen-bond donors (Lipinski definition) is 2. The topological polar surface area (TPSA) is 89.6 Å². The first kappa shape index (κ1) is 18.8. The Morgan fingerprint density at radius 1 is 1.37 bits per heavy atom. The fourth-order valence-electron chi connectivity index (χ4n) is 3.16. The number of pyridine rings is 1. The molecule has 1 aromatic carbocycles. The Morgan fingerprint density at radius 2 is 2.22 bits per heavy atom. The lowest BCUT2D eigenvalue weighted by atomic mass is 9.97. The van der Waals surface area contributed by atoms with Gasteiger partial charge in [-0.25, -0.2) is 4.79 Å². The number of ether oxygens (including phenoxy) is 1. The van der Waals surface area contributed by atoms with Crippen LogP contribution in [0.5, 0.6) is 0 Å². The summed E-state index contributed by atoms with van der Waals surface area (Å²) in [6.45, 7) is 4.03. The Morgan fingerprint density at radius 3 is 2.93 bits per heavy atom. The number of esters is 1. The molecule has 0 amide bonds. The van der Waals surface area contributed by atoms with Crippen LogP contribution in [0, 0.1) is 6.92 Å². The van der Waals surface area contributed by atoms with Crippen LogP contribution >= 0.6 is 0 Å². The Labute approximate surface area is 159 Å². The number of cyclic esters (lactones) is 1. The van der Waals surface area contributed by atoms with Gasteiger partial charge in [-0.2, -0.15) is 0 Å². The van der Waals surface area contributed by atoms with Gasteiger partial charge in [-0.3, -0.25) is 9.98 Å². The number of carbonyl (C=O) groups excluding carboxylic acids is 1. The zero-order chi connectivity index (χ0) is 19.2. The van der Waals surface area contributed by atoms with Gasteiger partial charge in [-0.1, -0.05) is 12.1 Å². The molecule has 0 saturated carbocycles. The number of nitrogens with two attached hydrogens (primary N) is 1. The molecule has 6 heteroatoms. The molecule has 0 unspecified atom stereocenters. The standard InChI is InChI=1S/C21H24N4O2/c1-14-16(4-5-18-19(14)13-27-21(18)26)7-8-24-10-15-3-6-20(25-11-15)17(9-22)12-23-2/h3-6,9,11-12,24H,7-8,10,13,22H2,1-2H3. The van der Waals surface area contributed by atoms with E-state index in [1.807, 2.05) is 30.5 Å². The number of nitrogens with zero attached hydrogens (tertiary/aromatic N) is 2. The van der Waals surface area contributed by atoms with Gasteiger partial charge in [-0.05, 0) is 48.7 Å². The number of rotatable bonds is 7. The molecular formula is C21H24N4O2. The Kier molecular flexibility index (Phi) is 5.98. The second-order valence-electron chi connectivity index (χ2n) is 6.44. The first-order valence-corrected chi connectivity index (χ1v) is 8.92. The molecule has 0 bridgehead atoms. The monoisotopic (exact) mass is 364 g/mol. The van der Waals surface area contributed by atoms with E-state index in [4.69, 9.17) is 10.5 Å². The lowest BCUT2D eigenvalue weighted by Gasteiger charge is -2.10. The zero-order valence-electron chi connectivity index (χ0n) is 15.7. The highest BCUT2D eigenvalue weighted by molar-refractivity contribution is 6.08. The van der Waals surface area contributed by atoms with Crippen LogP contribution in [-0.4, -0.2) is 30.8 Å². The van der Waals surface area contributed by atoms with Crippen LogP contribution in [-0.2, 0) is 24.3 Å². The van der Waals surface area contributed by atoms with Gasteiger partial charge in [-0.15, -0.1) is 0 Å². The molecule has 0 fully saturated rings. The summed E-state index contributed by atoms with van der Waals surface area (Å²) in [7, 11) is 1.70. The molecule has 0 atom stereocenters. The molecule has 2 heterocycles. The number of aliphatic imine (C=N–C) groups is 1. The smallest absolute Gasteiger partial charge is 0.338 e. The predicted octanol–water partition coefficient (Wildman–Crippen LogP) is 2.39. The summed E-state index contributed by atoms with van der Waals surface area (Å²) in [5, 5.41) is 3.44. The van der Waals surface area contributed by atoms with Crippen molar-refractivity contribution in [2.75, 3.05) is 13.6 Å². The summed E-state index contributed by atoms with van der Waals surface area (Å²) in [6.07, 6.45) is 5.94. The maximum absolute atomic E-state index is 11.6. The van der Waals surface area contributed by atoms with E-state index in [1.165, 1.54) is 11.8 Å². The van der Waals surface area contributed by atoms with Gasteiger partial charge in [0, 0.05) is 43.3 Å². The third-order valence-corrected chi connectivity index (χ3v) is 4.75. The van der Waals surface area contributed by atoms with Crippen molar-refractivity contribution in [3.05, 3.63) is 70.2 Å². The van der Waals surface area contributed by atoms with Gasteiger partial charge in [0.2, 0.25) is 0 Å². The maximum Gasteiger partial charge on any atom is 0.338 e. The van der Waals surface area contributed by atoms with Crippen molar-refractivity contribution in [1.82, 2.24) is 10.3 Å². The third-order valence-electron chi connectivity index (χ3n) is 4.75. The van der Waals surface area contributed by atoms with Crippen LogP contribution < -0.4 is 11.1 Å². The minimum Gasteiger partial charge on any atom is -0.457 e. The molecule has 3 rings (SSSR count). The maximum atomic E-state index is 11.6. The molecule has 27 heavy (non-hydrogen) atoms. The van der Waals surface area contributed by atoms with Crippen LogP contribution in [0.4, 0.5) is 0 Å². The van der Waals surface area contributed by atoms with Crippen LogP contribution in [0.2, 0.25) is 0 Å². The first-order chi connectivity index (χ1) is 13.1. The molecule has 0 radical (unpaired) electrons. The highest BCUT2D eigenvalue weighted by Gasteiger charge is 2.23. The molecule has 1 aliphatic heterocycles. The quantitative estimate of drug-likeness (QED) is 0.447. The average molecular weight is 364 g/mol. The van der Waals surface area contributed by atoms with Gasteiger partial charge in [0.1, 0.15) is 6.61 Å². The number of carbonyl (C=O) groups is 1. The lowest BCUT2D eigenvalue weighted by molar-refractivity contribution is 0.0535. The first-order valence-electron chi connectivity index (χ1n) is 8.92. The van der Waals surface area contributed by atoms with Crippen molar-refractivity contribution in [2.24, 2.45) is 10.7 Å². The van der Waals surface area contributed by atoms with E-state index in [2.05, 4.69) is 22.2 Å². The molecule has 0 aliphatic carbocycles. The summed E-state index contributed by atoms with van der Waals surface area (Å²) in [5.74, 6) is -0.216. The van der Waals surface area contributed by atoms with E-state index < -0.39 is 0 Å². The third kappa shape index (κ3) is 4.23. The highest BCUT2D eigenvalue weighted by Crippen LogP contribution is 2.26. The van der Waals surface area contributed by atoms with Crippen molar-refractivity contribution in [3.8, 4) is 0 Å². The van der Waals surface area contributed by atoms with Crippen molar-refractivity contribution in [2.45, 2.75) is 26.5 Å². The minimum absolute atomic E-state index is 0.216. The van der Waals surface area contributed by atoms with E-state index >= 15 is 0 Å². The van der Waals surface area contributed by atoms with Crippen LogP contribution in [0.15, 0.2) is 41.7 Å². The van der Waals surface area contributed by atoms with Crippen LogP contribution in [0.1, 0.15) is 38.3 Å². The van der Waals surface area contributed by atoms with E-state index in [1.54, 1.807) is 13.3 Å². The highest BCUT2D eigenvalue weighted by atomic mass is 16.5. The summed E-state index contributed by atoms with van der Waals surface area (Å²) < 4.78 is 5.11. The number of nitrogens with one attached hydrogen (secondary N) is 1. The van der Waals surface area contributed by atoms with E-state index in [-0.39, 0.29) is 5.97 Å². The molecule has 3 N–H and O–H groups in total. The van der Waals surface area contributed by atoms with E-state index in [0.29, 0.717) is 12.2 Å². The Balaban J connectivity index is 1.53. The normalized spacial score (nSPS) is 13.9. The molecule has 0 spiro atoms. The fourth-order valence-corrected chi connectivity index (χ4v) is 3.16. The summed E-state index contributed by atoms with van der Waals surface area (Å²) in [6, 6.07) is 7.87. The van der Waals surface area contributed by atoms with Gasteiger partial charge in [0.15, 0.2) is 0 Å². The molecule has 2 aromatic rings. The van der Waals surface area contributed by atoms with Crippen molar-refractivity contribution < 1.29 is 9.53 Å². The van der Waals surface area contributed by atoms with Crippen molar-refractivity contribution in [3.63, 3.8) is 0 Å². The summed E-state index contributed by atoms with van der Waals surface area (Å²) >= 11 is 0. The number of benzene rings is 1. The number of fused-ring (bicyclic) bond motifs is 1. The molecule has 6 nitrogen and oxygen atoms in total. The molecular weight excluding hydrogens is 340 g/mol. The van der Waals surface area contributed by atoms with Crippen LogP contribution in [0.25, 0.3) is 5.57 Å². The molecule has 1 aromatic heterocycles. The van der Waals surface area contributed by atoms with E-state index in [0.717, 1.165) is 47.5 Å². The van der Waals surface area contributed by atoms with Gasteiger partial charge >= 0.3 is 5.97 Å². The van der Waals surface area contributed by atoms with Gasteiger partial charge in [0.25, 0.3) is 0 Å². The summed E-state index contributed by atoms with van der Waals surface area (Å²) in [5.41, 5.74) is 12.4. The fraction of sp³-hybridized carbons (Fsp3) is 0.286. The predicted molar refractivity (Wildman–Crippen MR) is 107 cm³/mol. The number of allylic oxidation sites excluding steroid dienone is 1. The largest absolute Gasteiger partial charge is 0.457 e. The Bertz CT molecular complexity index is 886. The number of hydrogen-bond acceptors (Lipinski definition) is 6.